The van der Waals surface area contributed by atoms with E-state index in [1.54, 1.807) is 0 Å². The average Bonchev–Trinajstić information content (AvgIpc) is 2.39. The van der Waals surface area contributed by atoms with Crippen LogP contribution in [0.5, 0.6) is 0 Å². The number of hydrogen-bond donors (Lipinski definition) is 1. The number of rotatable bonds is 10. The molecule has 18 heavy (non-hydrogen) atoms. The molecule has 0 spiro atoms. The van der Waals surface area contributed by atoms with Crippen molar-refractivity contribution < 1.29 is 0 Å². The summed E-state index contributed by atoms with van der Waals surface area (Å²) in [6.45, 7) is 5.46. The predicted octanol–water partition coefficient (Wildman–Crippen LogP) is 4.94. The fourth-order valence-corrected chi connectivity index (χ4v) is 2.13. The van der Waals surface area contributed by atoms with E-state index in [9.17, 15) is 0 Å². The van der Waals surface area contributed by atoms with Crippen molar-refractivity contribution in [3.63, 3.8) is 0 Å². The maximum absolute atomic E-state index is 4.14. The molecule has 102 valence electrons. The Morgan fingerprint density at radius 2 is 1.67 bits per heavy atom. The number of pyridine rings is 1. The topological polar surface area (TPSA) is 24.9 Å². The Kier molecular flexibility index (Phi) is 8.28. The zero-order valence-corrected chi connectivity index (χ0v) is 12.0. The van der Waals surface area contributed by atoms with Crippen LogP contribution in [0.25, 0.3) is 0 Å². The summed E-state index contributed by atoms with van der Waals surface area (Å²) in [7, 11) is 0. The summed E-state index contributed by atoms with van der Waals surface area (Å²) >= 11 is 0. The summed E-state index contributed by atoms with van der Waals surface area (Å²) in [5.41, 5.74) is 2.46. The molecule has 1 heterocycles. The summed E-state index contributed by atoms with van der Waals surface area (Å²) in [5, 5.41) is 3.46. The Morgan fingerprint density at radius 3 is 2.33 bits per heavy atom. The lowest BCUT2D eigenvalue weighted by Crippen LogP contribution is -2.03. The summed E-state index contributed by atoms with van der Waals surface area (Å²) in [6, 6.07) is 2.05. The summed E-state index contributed by atoms with van der Waals surface area (Å²) in [4.78, 5) is 4.14. The van der Waals surface area contributed by atoms with Gasteiger partial charge in [0.25, 0.3) is 0 Å². The largest absolute Gasteiger partial charge is 0.384 e. The Bertz CT molecular complexity index is 310. The number of nitrogens with zero attached hydrogens (tertiary/aromatic N) is 1. The fraction of sp³-hybridized carbons (Fsp3) is 0.688. The fourth-order valence-electron chi connectivity index (χ4n) is 2.13. The first kappa shape index (κ1) is 15.0. The number of nitrogens with one attached hydrogen (secondary N) is 1. The lowest BCUT2D eigenvalue weighted by molar-refractivity contribution is 0.581. The normalized spacial score (nSPS) is 10.6. The minimum atomic E-state index is 1.07. The Labute approximate surface area is 112 Å². The van der Waals surface area contributed by atoms with Gasteiger partial charge >= 0.3 is 0 Å². The number of anilines is 1. The van der Waals surface area contributed by atoms with Crippen molar-refractivity contribution in [2.24, 2.45) is 0 Å². The van der Waals surface area contributed by atoms with Crippen molar-refractivity contribution in [1.82, 2.24) is 4.98 Å². The summed E-state index contributed by atoms with van der Waals surface area (Å²) in [6.07, 6.45) is 14.8. The van der Waals surface area contributed by atoms with Crippen LogP contribution in [-0.2, 0) is 0 Å². The minimum Gasteiger partial charge on any atom is -0.384 e. The van der Waals surface area contributed by atoms with E-state index in [-0.39, 0.29) is 0 Å². The predicted molar refractivity (Wildman–Crippen MR) is 80.1 cm³/mol. The van der Waals surface area contributed by atoms with Crippen LogP contribution in [0.4, 0.5) is 5.69 Å². The SMILES string of the molecule is CCCCCCCCCCNc1cnccc1C. The molecule has 0 atom stereocenters. The molecule has 0 radical (unpaired) electrons. The molecule has 0 bridgehead atoms. The van der Waals surface area contributed by atoms with Gasteiger partial charge in [-0.25, -0.2) is 0 Å². The molecule has 0 saturated heterocycles. The van der Waals surface area contributed by atoms with Crippen LogP contribution >= 0.6 is 0 Å². The van der Waals surface area contributed by atoms with E-state index in [1.807, 2.05) is 12.4 Å². The summed E-state index contributed by atoms with van der Waals surface area (Å²) < 4.78 is 0. The quantitative estimate of drug-likeness (QED) is 0.593. The van der Waals surface area contributed by atoms with Crippen molar-refractivity contribution >= 4 is 5.69 Å². The molecule has 0 aliphatic carbocycles. The van der Waals surface area contributed by atoms with E-state index >= 15 is 0 Å². The second kappa shape index (κ2) is 9.93. The highest BCUT2D eigenvalue weighted by Crippen LogP contribution is 2.12. The van der Waals surface area contributed by atoms with Gasteiger partial charge in [0, 0.05) is 12.7 Å². The summed E-state index contributed by atoms with van der Waals surface area (Å²) in [5.74, 6) is 0. The molecule has 1 N–H and O–H groups in total. The van der Waals surface area contributed by atoms with E-state index in [1.165, 1.54) is 62.6 Å². The Hall–Kier alpha value is -1.05. The molecule has 0 saturated carbocycles. The third-order valence-corrected chi connectivity index (χ3v) is 3.38. The first-order valence-electron chi connectivity index (χ1n) is 7.49. The van der Waals surface area contributed by atoms with Crippen molar-refractivity contribution in [3.05, 3.63) is 24.0 Å². The van der Waals surface area contributed by atoms with E-state index in [2.05, 4.69) is 30.2 Å². The smallest absolute Gasteiger partial charge is 0.0556 e. The first-order chi connectivity index (χ1) is 8.84. The molecule has 2 nitrogen and oxygen atoms in total. The van der Waals surface area contributed by atoms with Crippen LogP contribution in [0.2, 0.25) is 0 Å². The maximum atomic E-state index is 4.14. The van der Waals surface area contributed by atoms with Gasteiger partial charge in [0.1, 0.15) is 0 Å². The molecule has 1 aromatic rings. The molecule has 0 amide bonds. The van der Waals surface area contributed by atoms with Crippen LogP contribution in [0.1, 0.15) is 63.9 Å². The van der Waals surface area contributed by atoms with Crippen LogP contribution in [0, 0.1) is 6.92 Å². The van der Waals surface area contributed by atoms with Gasteiger partial charge in [-0.3, -0.25) is 4.98 Å². The second-order valence-corrected chi connectivity index (χ2v) is 5.09. The molecule has 1 rings (SSSR count). The number of aromatic nitrogens is 1. The van der Waals surface area contributed by atoms with Gasteiger partial charge in [0.05, 0.1) is 11.9 Å². The third kappa shape index (κ3) is 6.63. The van der Waals surface area contributed by atoms with Gasteiger partial charge in [-0.1, -0.05) is 51.9 Å². The average molecular weight is 248 g/mol. The third-order valence-electron chi connectivity index (χ3n) is 3.38. The van der Waals surface area contributed by atoms with Gasteiger partial charge in [0.2, 0.25) is 0 Å². The Balaban J connectivity index is 1.94. The highest BCUT2D eigenvalue weighted by atomic mass is 14.9. The highest BCUT2D eigenvalue weighted by Gasteiger charge is 1.96. The molecular weight excluding hydrogens is 220 g/mol. The van der Waals surface area contributed by atoms with Crippen LogP contribution < -0.4 is 5.32 Å². The van der Waals surface area contributed by atoms with E-state index in [0.29, 0.717) is 0 Å². The zero-order valence-electron chi connectivity index (χ0n) is 12.0. The number of unbranched alkanes of at least 4 members (excludes halogenated alkanes) is 7. The number of aryl methyl sites for hydroxylation is 1. The number of hydrogen-bond acceptors (Lipinski definition) is 2. The molecular formula is C16H28N2. The molecule has 0 fully saturated rings. The van der Waals surface area contributed by atoms with Crippen LogP contribution in [-0.4, -0.2) is 11.5 Å². The van der Waals surface area contributed by atoms with Crippen molar-refractivity contribution in [1.29, 1.82) is 0 Å². The van der Waals surface area contributed by atoms with Gasteiger partial charge in [-0.2, -0.15) is 0 Å². The highest BCUT2D eigenvalue weighted by molar-refractivity contribution is 5.47. The molecule has 0 aliphatic rings. The first-order valence-corrected chi connectivity index (χ1v) is 7.49. The molecule has 0 aliphatic heterocycles. The van der Waals surface area contributed by atoms with Crippen molar-refractivity contribution in [2.75, 3.05) is 11.9 Å². The van der Waals surface area contributed by atoms with E-state index in [0.717, 1.165) is 6.54 Å². The molecule has 2 heteroatoms. The lowest BCUT2D eigenvalue weighted by Gasteiger charge is -2.08. The van der Waals surface area contributed by atoms with Crippen molar-refractivity contribution in [3.8, 4) is 0 Å². The van der Waals surface area contributed by atoms with Gasteiger partial charge in [0.15, 0.2) is 0 Å². The van der Waals surface area contributed by atoms with Crippen LogP contribution in [0.3, 0.4) is 0 Å². The second-order valence-electron chi connectivity index (χ2n) is 5.09. The van der Waals surface area contributed by atoms with Gasteiger partial charge < -0.3 is 5.32 Å². The zero-order chi connectivity index (χ0) is 13.1. The standard InChI is InChI=1S/C16H28N2/c1-3-4-5-6-7-8-9-10-12-18-16-14-17-13-11-15(16)2/h11,13-14,18H,3-10,12H2,1-2H3. The minimum absolute atomic E-state index is 1.07. The monoisotopic (exact) mass is 248 g/mol. The van der Waals surface area contributed by atoms with Crippen molar-refractivity contribution in [2.45, 2.75) is 65.2 Å². The Morgan fingerprint density at radius 1 is 1.00 bits per heavy atom. The van der Waals surface area contributed by atoms with Gasteiger partial charge in [-0.15, -0.1) is 0 Å². The van der Waals surface area contributed by atoms with Gasteiger partial charge in [-0.05, 0) is 25.0 Å². The maximum Gasteiger partial charge on any atom is 0.0556 e. The van der Waals surface area contributed by atoms with Crippen LogP contribution in [0.15, 0.2) is 18.5 Å². The molecule has 1 aromatic heterocycles. The molecule has 0 unspecified atom stereocenters. The van der Waals surface area contributed by atoms with E-state index < -0.39 is 0 Å². The lowest BCUT2D eigenvalue weighted by atomic mass is 10.1. The van der Waals surface area contributed by atoms with E-state index in [4.69, 9.17) is 0 Å². The molecule has 0 aromatic carbocycles.